The number of carbonyl (C=O) groups is 4. The van der Waals surface area contributed by atoms with Gasteiger partial charge in [-0.2, -0.15) is 0 Å². The van der Waals surface area contributed by atoms with Crippen molar-refractivity contribution < 1.29 is 24.3 Å². The number of hydrogen-bond acceptors (Lipinski definition) is 6. The number of fused-ring (bicyclic) bond motifs is 1. The van der Waals surface area contributed by atoms with Crippen LogP contribution < -0.4 is 33.2 Å². The zero-order chi connectivity index (χ0) is 29.1. The molecule has 4 unspecified atom stereocenters. The molecular formula is C26H40N8O5. The molecule has 0 aliphatic carbocycles. The molecule has 0 aliphatic rings. The van der Waals surface area contributed by atoms with Crippen LogP contribution in [-0.4, -0.2) is 70.5 Å². The topological polar surface area (TPSA) is 231 Å². The molecule has 11 N–H and O–H groups in total. The molecule has 0 fully saturated rings. The van der Waals surface area contributed by atoms with Crippen molar-refractivity contribution in [1.29, 1.82) is 0 Å². The number of para-hydroxylation sites is 1. The molecule has 2 aromatic rings. The highest BCUT2D eigenvalue weighted by molar-refractivity contribution is 5.94. The van der Waals surface area contributed by atoms with Gasteiger partial charge in [-0.25, -0.2) is 4.79 Å². The van der Waals surface area contributed by atoms with Crippen molar-refractivity contribution in [3.05, 3.63) is 36.0 Å². The van der Waals surface area contributed by atoms with Gasteiger partial charge in [-0.1, -0.05) is 32.0 Å². The van der Waals surface area contributed by atoms with Gasteiger partial charge >= 0.3 is 5.97 Å². The maximum atomic E-state index is 13.0. The maximum absolute atomic E-state index is 13.0. The van der Waals surface area contributed by atoms with Crippen molar-refractivity contribution in [2.24, 2.45) is 28.1 Å². The summed E-state index contributed by atoms with van der Waals surface area (Å²) in [6, 6.07) is 3.32. The molecule has 39 heavy (non-hydrogen) atoms. The first kappa shape index (κ1) is 31.1. The first-order chi connectivity index (χ1) is 18.4. The van der Waals surface area contributed by atoms with Crippen molar-refractivity contribution in [3.63, 3.8) is 0 Å². The first-order valence-electron chi connectivity index (χ1n) is 12.9. The van der Waals surface area contributed by atoms with Crippen molar-refractivity contribution >= 4 is 40.6 Å². The van der Waals surface area contributed by atoms with E-state index in [1.807, 2.05) is 38.1 Å². The van der Waals surface area contributed by atoms with E-state index >= 15 is 0 Å². The largest absolute Gasteiger partial charge is 0.480 e. The quantitative estimate of drug-likeness (QED) is 0.0840. The molecule has 13 heteroatoms. The van der Waals surface area contributed by atoms with Crippen molar-refractivity contribution in [2.75, 3.05) is 6.54 Å². The van der Waals surface area contributed by atoms with Crippen LogP contribution in [0.5, 0.6) is 0 Å². The number of carboxylic acid groups (broad SMARTS) is 1. The Morgan fingerprint density at radius 1 is 0.974 bits per heavy atom. The third kappa shape index (κ3) is 9.93. The molecule has 0 spiro atoms. The lowest BCUT2D eigenvalue weighted by Crippen LogP contribution is -2.56. The number of hydrogen-bond donors (Lipinski definition) is 8. The second-order valence-corrected chi connectivity index (χ2v) is 9.94. The Bertz CT molecular complexity index is 1170. The fraction of sp³-hybridized carbons (Fsp3) is 0.500. The van der Waals surface area contributed by atoms with E-state index in [-0.39, 0.29) is 31.3 Å². The molecule has 0 bridgehead atoms. The number of benzene rings is 1. The van der Waals surface area contributed by atoms with E-state index in [4.69, 9.17) is 17.2 Å². The van der Waals surface area contributed by atoms with E-state index in [2.05, 4.69) is 25.9 Å². The van der Waals surface area contributed by atoms with Gasteiger partial charge in [0.25, 0.3) is 0 Å². The number of aliphatic carboxylic acids is 1. The van der Waals surface area contributed by atoms with Gasteiger partial charge < -0.3 is 43.2 Å². The number of H-pyrrole nitrogens is 1. The summed E-state index contributed by atoms with van der Waals surface area (Å²) in [5, 5.41) is 18.3. The number of nitrogens with two attached hydrogens (primary N) is 3. The van der Waals surface area contributed by atoms with E-state index < -0.39 is 47.9 Å². The average molecular weight is 545 g/mol. The fourth-order valence-corrected chi connectivity index (χ4v) is 4.06. The number of aliphatic imine (C=N–C) groups is 1. The Balaban J connectivity index is 2.05. The highest BCUT2D eigenvalue weighted by Gasteiger charge is 2.29. The van der Waals surface area contributed by atoms with Crippen LogP contribution in [0.3, 0.4) is 0 Å². The lowest BCUT2D eigenvalue weighted by molar-refractivity contribution is -0.142. The minimum atomic E-state index is -1.22. The average Bonchev–Trinajstić information content (AvgIpc) is 3.27. The first-order valence-corrected chi connectivity index (χ1v) is 12.9. The minimum Gasteiger partial charge on any atom is -0.480 e. The number of aromatic amines is 1. The number of aromatic nitrogens is 1. The number of carboxylic acids is 1. The maximum Gasteiger partial charge on any atom is 0.326 e. The standard InChI is InChI=1S/C26H40N8O5/c1-14(2)11-18(27)23(36)33-20(9-6-10-30-26(28)29)24(37)32-15(3)22(35)34-21(25(38)39)12-16-13-31-19-8-5-4-7-17(16)19/h4-5,7-8,13-15,18,20-21,31H,6,9-12,27H2,1-3H3,(H,32,37)(H,33,36)(H,34,35)(H,38,39)(H4,28,29,30). The molecule has 0 saturated carbocycles. The predicted octanol–water partition coefficient (Wildman–Crippen LogP) is -0.304. The van der Waals surface area contributed by atoms with Crippen LogP contribution in [-0.2, 0) is 25.6 Å². The van der Waals surface area contributed by atoms with E-state index in [1.165, 1.54) is 6.92 Å². The van der Waals surface area contributed by atoms with Crippen LogP contribution in [0, 0.1) is 5.92 Å². The summed E-state index contributed by atoms with van der Waals surface area (Å²) in [6.45, 7) is 5.52. The van der Waals surface area contributed by atoms with Gasteiger partial charge in [0.2, 0.25) is 17.7 Å². The molecule has 0 aliphatic heterocycles. The van der Waals surface area contributed by atoms with Gasteiger partial charge in [0.15, 0.2) is 5.96 Å². The molecule has 214 valence electrons. The molecule has 3 amide bonds. The van der Waals surface area contributed by atoms with Gasteiger partial charge in [-0.15, -0.1) is 0 Å². The van der Waals surface area contributed by atoms with E-state index in [9.17, 15) is 24.3 Å². The molecule has 4 atom stereocenters. The van der Waals surface area contributed by atoms with Gasteiger partial charge in [0, 0.05) is 30.1 Å². The predicted molar refractivity (Wildman–Crippen MR) is 148 cm³/mol. The summed E-state index contributed by atoms with van der Waals surface area (Å²) in [4.78, 5) is 57.3. The van der Waals surface area contributed by atoms with E-state index in [1.54, 1.807) is 6.20 Å². The Kier molecular flexibility index (Phi) is 11.7. The third-order valence-corrected chi connectivity index (χ3v) is 6.11. The molecule has 1 aromatic heterocycles. The fourth-order valence-electron chi connectivity index (χ4n) is 4.06. The Labute approximate surface area is 227 Å². The van der Waals surface area contributed by atoms with Crippen LogP contribution in [0.1, 0.15) is 45.6 Å². The second-order valence-electron chi connectivity index (χ2n) is 9.94. The molecule has 1 heterocycles. The van der Waals surface area contributed by atoms with Gasteiger partial charge in [0.1, 0.15) is 18.1 Å². The van der Waals surface area contributed by atoms with Crippen LogP contribution >= 0.6 is 0 Å². The summed E-state index contributed by atoms with van der Waals surface area (Å²) in [6.07, 6.45) is 2.75. The summed E-state index contributed by atoms with van der Waals surface area (Å²) < 4.78 is 0. The molecule has 13 nitrogen and oxygen atoms in total. The second kappa shape index (κ2) is 14.7. The summed E-state index contributed by atoms with van der Waals surface area (Å²) >= 11 is 0. The summed E-state index contributed by atoms with van der Waals surface area (Å²) in [7, 11) is 0. The van der Waals surface area contributed by atoms with Gasteiger partial charge in [-0.3, -0.25) is 19.4 Å². The van der Waals surface area contributed by atoms with Crippen molar-refractivity contribution in [2.45, 2.75) is 70.6 Å². The number of nitrogens with zero attached hydrogens (tertiary/aromatic N) is 1. The van der Waals surface area contributed by atoms with Crippen LogP contribution in [0.15, 0.2) is 35.5 Å². The van der Waals surface area contributed by atoms with E-state index in [0.717, 1.165) is 16.5 Å². The Morgan fingerprint density at radius 2 is 1.64 bits per heavy atom. The molecule has 0 radical (unpaired) electrons. The zero-order valence-corrected chi connectivity index (χ0v) is 22.6. The van der Waals surface area contributed by atoms with Gasteiger partial charge in [0.05, 0.1) is 6.04 Å². The number of amides is 3. The third-order valence-electron chi connectivity index (χ3n) is 6.11. The van der Waals surface area contributed by atoms with Crippen molar-refractivity contribution in [3.8, 4) is 0 Å². The highest BCUT2D eigenvalue weighted by atomic mass is 16.4. The van der Waals surface area contributed by atoms with Crippen LogP contribution in [0.4, 0.5) is 0 Å². The van der Waals surface area contributed by atoms with E-state index in [0.29, 0.717) is 12.8 Å². The SMILES string of the molecule is CC(C)CC(N)C(=O)NC(CCCN=C(N)N)C(=O)NC(C)C(=O)NC(Cc1c[nH]c2ccccc12)C(=O)O. The summed E-state index contributed by atoms with van der Waals surface area (Å²) in [5.74, 6) is -2.92. The Morgan fingerprint density at radius 3 is 2.28 bits per heavy atom. The molecular weight excluding hydrogens is 504 g/mol. The lowest BCUT2D eigenvalue weighted by atomic mass is 10.0. The van der Waals surface area contributed by atoms with Crippen LogP contribution in [0.25, 0.3) is 10.9 Å². The number of guanidine groups is 1. The smallest absolute Gasteiger partial charge is 0.326 e. The number of carbonyl (C=O) groups excluding carboxylic acids is 3. The number of rotatable bonds is 15. The number of nitrogens with one attached hydrogen (secondary N) is 4. The lowest BCUT2D eigenvalue weighted by Gasteiger charge is -2.24. The highest BCUT2D eigenvalue weighted by Crippen LogP contribution is 2.19. The minimum absolute atomic E-state index is 0.0446. The zero-order valence-electron chi connectivity index (χ0n) is 22.6. The summed E-state index contributed by atoms with van der Waals surface area (Å²) in [5.41, 5.74) is 18.2. The monoisotopic (exact) mass is 544 g/mol. The van der Waals surface area contributed by atoms with Gasteiger partial charge in [-0.05, 0) is 43.7 Å². The van der Waals surface area contributed by atoms with Crippen molar-refractivity contribution in [1.82, 2.24) is 20.9 Å². The Hall–Kier alpha value is -4.13. The normalized spacial score (nSPS) is 14.2. The molecule has 0 saturated heterocycles. The molecule has 2 rings (SSSR count). The van der Waals surface area contributed by atoms with Crippen LogP contribution in [0.2, 0.25) is 0 Å². The molecule has 1 aromatic carbocycles.